The van der Waals surface area contributed by atoms with Crippen LogP contribution in [0.5, 0.6) is 0 Å². The number of nitrogens with one attached hydrogen (secondary N) is 1. The number of aryl methyl sites for hydroxylation is 2. The van der Waals surface area contributed by atoms with Crippen molar-refractivity contribution in [3.8, 4) is 0 Å². The molecule has 1 aromatic heterocycles. The summed E-state index contributed by atoms with van der Waals surface area (Å²) in [6.07, 6.45) is -0.234. The van der Waals surface area contributed by atoms with Gasteiger partial charge < -0.3 is 5.11 Å². The van der Waals surface area contributed by atoms with E-state index in [1.165, 1.54) is 5.38 Å². The van der Waals surface area contributed by atoms with E-state index in [4.69, 9.17) is 5.11 Å². The van der Waals surface area contributed by atoms with Crippen LogP contribution in [0.2, 0.25) is 0 Å². The van der Waals surface area contributed by atoms with Gasteiger partial charge in [-0.2, -0.15) is 0 Å². The average molecular weight is 326 g/mol. The molecular weight excluding hydrogens is 312 g/mol. The first-order chi connectivity index (χ1) is 9.78. The first-order valence-corrected chi connectivity index (χ1v) is 8.40. The van der Waals surface area contributed by atoms with Crippen LogP contribution in [0.3, 0.4) is 0 Å². The summed E-state index contributed by atoms with van der Waals surface area (Å²) in [5.74, 6) is -1.01. The molecular formula is C13H14N2O4S2. The highest BCUT2D eigenvalue weighted by molar-refractivity contribution is 7.93. The monoisotopic (exact) mass is 326 g/mol. The molecule has 0 atom stereocenters. The number of hydrogen-bond donors (Lipinski definition) is 2. The van der Waals surface area contributed by atoms with Gasteiger partial charge in [0.05, 0.1) is 17.0 Å². The van der Waals surface area contributed by atoms with Crippen molar-refractivity contribution >= 4 is 32.5 Å². The van der Waals surface area contributed by atoms with Crippen LogP contribution >= 0.6 is 11.3 Å². The van der Waals surface area contributed by atoms with Crippen LogP contribution in [0.1, 0.15) is 16.8 Å². The van der Waals surface area contributed by atoms with Gasteiger partial charge in [0.15, 0.2) is 5.13 Å². The predicted molar refractivity (Wildman–Crippen MR) is 80.2 cm³/mol. The predicted octanol–water partition coefficient (Wildman–Crippen LogP) is 2.19. The summed E-state index contributed by atoms with van der Waals surface area (Å²) in [6, 6.07) is 5.05. The van der Waals surface area contributed by atoms with Gasteiger partial charge in [0.25, 0.3) is 10.0 Å². The molecule has 0 unspecified atom stereocenters. The fourth-order valence-electron chi connectivity index (χ4n) is 1.86. The highest BCUT2D eigenvalue weighted by atomic mass is 32.2. The highest BCUT2D eigenvalue weighted by Crippen LogP contribution is 2.23. The number of nitrogens with zero attached hydrogens (tertiary/aromatic N) is 1. The number of aromatic nitrogens is 1. The van der Waals surface area contributed by atoms with Gasteiger partial charge >= 0.3 is 5.97 Å². The minimum absolute atomic E-state index is 0.159. The second-order valence-corrected chi connectivity index (χ2v) is 7.10. The summed E-state index contributed by atoms with van der Waals surface area (Å²) >= 11 is 1.06. The third-order valence-corrected chi connectivity index (χ3v) is 5.16. The van der Waals surface area contributed by atoms with E-state index < -0.39 is 16.0 Å². The molecule has 0 amide bonds. The van der Waals surface area contributed by atoms with Crippen molar-refractivity contribution in [2.75, 3.05) is 4.72 Å². The Labute approximate surface area is 126 Å². The molecule has 112 valence electrons. The van der Waals surface area contributed by atoms with Crippen LogP contribution in [-0.2, 0) is 21.2 Å². The van der Waals surface area contributed by atoms with Crippen molar-refractivity contribution in [1.82, 2.24) is 4.98 Å². The molecule has 2 rings (SSSR count). The summed E-state index contributed by atoms with van der Waals surface area (Å²) in [7, 11) is -3.73. The molecule has 2 N–H and O–H groups in total. The Kier molecular flexibility index (Phi) is 4.29. The molecule has 0 aliphatic rings. The van der Waals surface area contributed by atoms with Gasteiger partial charge in [0.1, 0.15) is 0 Å². The zero-order chi connectivity index (χ0) is 15.6. The van der Waals surface area contributed by atoms with Gasteiger partial charge in [0, 0.05) is 5.38 Å². The Bertz CT molecular complexity index is 781. The normalized spacial score (nSPS) is 11.3. The van der Waals surface area contributed by atoms with Crippen LogP contribution in [0.15, 0.2) is 28.5 Å². The summed E-state index contributed by atoms with van der Waals surface area (Å²) < 4.78 is 27.0. The molecule has 0 radical (unpaired) electrons. The van der Waals surface area contributed by atoms with E-state index in [1.807, 2.05) is 6.92 Å². The Hall–Kier alpha value is -1.93. The third-order valence-electron chi connectivity index (χ3n) is 2.73. The van der Waals surface area contributed by atoms with E-state index in [1.54, 1.807) is 25.1 Å². The molecule has 2 aromatic rings. The second kappa shape index (κ2) is 5.82. The van der Waals surface area contributed by atoms with Gasteiger partial charge in [0.2, 0.25) is 0 Å². The first-order valence-electron chi connectivity index (χ1n) is 6.04. The Morgan fingerprint density at radius 3 is 2.71 bits per heavy atom. The van der Waals surface area contributed by atoms with E-state index >= 15 is 0 Å². The fraction of sp³-hybridized carbons (Fsp3) is 0.231. The van der Waals surface area contributed by atoms with E-state index in [9.17, 15) is 13.2 Å². The lowest BCUT2D eigenvalue weighted by molar-refractivity contribution is -0.136. The highest BCUT2D eigenvalue weighted by Gasteiger charge is 2.18. The molecule has 1 heterocycles. The lowest BCUT2D eigenvalue weighted by Gasteiger charge is -2.08. The summed E-state index contributed by atoms with van der Waals surface area (Å²) in [5.41, 5.74) is 1.94. The minimum Gasteiger partial charge on any atom is -0.481 e. The molecule has 1 aromatic carbocycles. The van der Waals surface area contributed by atoms with E-state index in [-0.39, 0.29) is 16.4 Å². The van der Waals surface area contributed by atoms with E-state index in [0.717, 1.165) is 16.9 Å². The van der Waals surface area contributed by atoms with Gasteiger partial charge in [-0.05, 0) is 25.5 Å². The molecule has 8 heteroatoms. The molecule has 0 aliphatic heterocycles. The van der Waals surface area contributed by atoms with Crippen LogP contribution in [0.25, 0.3) is 0 Å². The number of sulfonamides is 1. The Balaban J connectivity index is 2.25. The summed E-state index contributed by atoms with van der Waals surface area (Å²) in [4.78, 5) is 14.7. The van der Waals surface area contributed by atoms with E-state index in [2.05, 4.69) is 9.71 Å². The SMILES string of the molecule is Cc1ccc(S(=O)(=O)Nc2nc(CC(=O)O)cs2)c(C)c1. The first kappa shape index (κ1) is 15.5. The molecule has 0 spiro atoms. The van der Waals surface area contributed by atoms with Gasteiger partial charge in [-0.3, -0.25) is 9.52 Å². The number of hydrogen-bond acceptors (Lipinski definition) is 5. The fourth-order valence-corrected chi connectivity index (χ4v) is 4.05. The lowest BCUT2D eigenvalue weighted by Crippen LogP contribution is -2.14. The number of carbonyl (C=O) groups is 1. The molecule has 0 fully saturated rings. The molecule has 0 saturated heterocycles. The average Bonchev–Trinajstić information content (AvgIpc) is 2.73. The molecule has 21 heavy (non-hydrogen) atoms. The van der Waals surface area contributed by atoms with Crippen molar-refractivity contribution in [2.24, 2.45) is 0 Å². The van der Waals surface area contributed by atoms with Gasteiger partial charge in [-0.25, -0.2) is 13.4 Å². The number of anilines is 1. The zero-order valence-corrected chi connectivity index (χ0v) is 13.1. The van der Waals surface area contributed by atoms with Crippen LogP contribution in [0.4, 0.5) is 5.13 Å². The largest absolute Gasteiger partial charge is 0.481 e. The van der Waals surface area contributed by atoms with Gasteiger partial charge in [-0.15, -0.1) is 11.3 Å². The molecule has 0 aliphatic carbocycles. The molecule has 0 bridgehead atoms. The maximum absolute atomic E-state index is 12.3. The molecule has 0 saturated carbocycles. The van der Waals surface area contributed by atoms with Crippen LogP contribution in [-0.4, -0.2) is 24.5 Å². The number of benzene rings is 1. The minimum atomic E-state index is -3.73. The Morgan fingerprint density at radius 2 is 2.10 bits per heavy atom. The topological polar surface area (TPSA) is 96.4 Å². The number of carboxylic acid groups (broad SMARTS) is 1. The van der Waals surface area contributed by atoms with Gasteiger partial charge in [-0.1, -0.05) is 17.7 Å². The standard InChI is InChI=1S/C13H14N2O4S2/c1-8-3-4-11(9(2)5-8)21(18,19)15-13-14-10(7-20-13)6-12(16)17/h3-5,7H,6H2,1-2H3,(H,14,15)(H,16,17). The quantitative estimate of drug-likeness (QED) is 0.878. The molecule has 6 nitrogen and oxygen atoms in total. The zero-order valence-electron chi connectivity index (χ0n) is 11.5. The smallest absolute Gasteiger partial charge is 0.309 e. The Morgan fingerprint density at radius 1 is 1.38 bits per heavy atom. The van der Waals surface area contributed by atoms with Crippen molar-refractivity contribution in [1.29, 1.82) is 0 Å². The van der Waals surface area contributed by atoms with Crippen molar-refractivity contribution in [3.63, 3.8) is 0 Å². The number of thiazole rings is 1. The van der Waals surface area contributed by atoms with Crippen LogP contribution < -0.4 is 4.72 Å². The summed E-state index contributed by atoms with van der Waals surface area (Å²) in [6.45, 7) is 3.61. The second-order valence-electron chi connectivity index (χ2n) is 4.59. The number of rotatable bonds is 5. The number of carboxylic acids is 1. The summed E-state index contributed by atoms with van der Waals surface area (Å²) in [5, 5.41) is 10.4. The van der Waals surface area contributed by atoms with Crippen molar-refractivity contribution in [3.05, 3.63) is 40.4 Å². The third kappa shape index (κ3) is 3.79. The van der Waals surface area contributed by atoms with Crippen molar-refractivity contribution in [2.45, 2.75) is 25.2 Å². The van der Waals surface area contributed by atoms with Crippen LogP contribution in [0, 0.1) is 13.8 Å². The van der Waals surface area contributed by atoms with E-state index in [0.29, 0.717) is 11.3 Å². The maximum Gasteiger partial charge on any atom is 0.309 e. The number of aliphatic carboxylic acids is 1. The van der Waals surface area contributed by atoms with Crippen molar-refractivity contribution < 1.29 is 18.3 Å². The maximum atomic E-state index is 12.3. The lowest BCUT2D eigenvalue weighted by atomic mass is 10.2.